The Morgan fingerprint density at radius 3 is 1.30 bits per heavy atom. The van der Waals surface area contributed by atoms with E-state index in [9.17, 15) is 0 Å². The number of benzene rings is 7. The predicted molar refractivity (Wildman–Crippen MR) is 241 cm³/mol. The van der Waals surface area contributed by atoms with E-state index in [2.05, 4.69) is 187 Å². The maximum atomic E-state index is 2.62. The van der Waals surface area contributed by atoms with Gasteiger partial charge < -0.3 is 4.90 Å². The monoisotopic (exact) mass is 737 g/mol. The lowest BCUT2D eigenvalue weighted by atomic mass is 9.80. The summed E-state index contributed by atoms with van der Waals surface area (Å²) in [6.07, 6.45) is 4.89. The zero-order valence-electron chi connectivity index (χ0n) is 34.5. The van der Waals surface area contributed by atoms with E-state index in [1.165, 1.54) is 131 Å². The second kappa shape index (κ2) is 11.9. The summed E-state index contributed by atoms with van der Waals surface area (Å²) >= 11 is 0. The van der Waals surface area contributed by atoms with Gasteiger partial charge in [0.2, 0.25) is 0 Å². The summed E-state index contributed by atoms with van der Waals surface area (Å²) < 4.78 is 0. The summed E-state index contributed by atoms with van der Waals surface area (Å²) in [5.41, 5.74) is 26.9. The van der Waals surface area contributed by atoms with E-state index in [1.54, 1.807) is 0 Å². The van der Waals surface area contributed by atoms with Crippen LogP contribution in [0.25, 0.3) is 44.5 Å². The number of fused-ring (bicyclic) bond motifs is 10. The minimum absolute atomic E-state index is 0.116. The summed E-state index contributed by atoms with van der Waals surface area (Å²) in [4.78, 5) is 2.62. The van der Waals surface area contributed by atoms with E-state index in [1.807, 2.05) is 0 Å². The van der Waals surface area contributed by atoms with Gasteiger partial charge in [-0.25, -0.2) is 0 Å². The third-order valence-corrected chi connectivity index (χ3v) is 14.6. The predicted octanol–water partition coefficient (Wildman–Crippen LogP) is 14.9. The lowest BCUT2D eigenvalue weighted by Gasteiger charge is -2.33. The molecule has 7 aromatic carbocycles. The molecule has 11 rings (SSSR count). The molecule has 0 spiro atoms. The van der Waals surface area contributed by atoms with E-state index in [4.69, 9.17) is 0 Å². The van der Waals surface area contributed by atoms with E-state index in [0.29, 0.717) is 0 Å². The van der Waals surface area contributed by atoms with E-state index in [0.717, 1.165) is 6.42 Å². The first-order valence-electron chi connectivity index (χ1n) is 21.1. The third-order valence-electron chi connectivity index (χ3n) is 14.6. The van der Waals surface area contributed by atoms with Crippen molar-refractivity contribution in [3.05, 3.63) is 184 Å². The van der Waals surface area contributed by atoms with Crippen molar-refractivity contribution in [1.82, 2.24) is 0 Å². The van der Waals surface area contributed by atoms with Crippen molar-refractivity contribution in [2.75, 3.05) is 4.90 Å². The third kappa shape index (κ3) is 4.81. The summed E-state index contributed by atoms with van der Waals surface area (Å²) in [5, 5.41) is 0. The van der Waals surface area contributed by atoms with Crippen LogP contribution in [0.1, 0.15) is 104 Å². The molecule has 0 unspecified atom stereocenters. The van der Waals surface area contributed by atoms with E-state index < -0.39 is 0 Å². The highest BCUT2D eigenvalue weighted by Gasteiger charge is 2.40. The number of anilines is 3. The molecule has 1 heteroatoms. The topological polar surface area (TPSA) is 3.24 Å². The van der Waals surface area contributed by atoms with Crippen LogP contribution in [0.4, 0.5) is 17.1 Å². The van der Waals surface area contributed by atoms with Crippen molar-refractivity contribution >= 4 is 17.1 Å². The first-order valence-corrected chi connectivity index (χ1v) is 21.1. The molecule has 0 saturated heterocycles. The quantitative estimate of drug-likeness (QED) is 0.174. The second-order valence-electron chi connectivity index (χ2n) is 18.9. The minimum Gasteiger partial charge on any atom is -0.310 e. The summed E-state index contributed by atoms with van der Waals surface area (Å²) in [5.74, 6) is 0. The molecule has 0 atom stereocenters. The van der Waals surface area contributed by atoms with Crippen LogP contribution in [0.15, 0.2) is 133 Å². The van der Waals surface area contributed by atoms with Gasteiger partial charge in [0.25, 0.3) is 0 Å². The zero-order valence-corrected chi connectivity index (χ0v) is 34.5. The van der Waals surface area contributed by atoms with Crippen LogP contribution in [-0.2, 0) is 29.1 Å². The van der Waals surface area contributed by atoms with Gasteiger partial charge in [-0.05, 0) is 158 Å². The molecule has 1 nitrogen and oxygen atoms in total. The summed E-state index contributed by atoms with van der Waals surface area (Å²) in [6.45, 7) is 16.8. The Balaban J connectivity index is 1.21. The molecular weight excluding hydrogens is 687 g/mol. The van der Waals surface area contributed by atoms with Crippen molar-refractivity contribution < 1.29 is 0 Å². The van der Waals surface area contributed by atoms with Gasteiger partial charge in [0, 0.05) is 33.2 Å². The fourth-order valence-electron chi connectivity index (χ4n) is 11.4. The normalized spacial score (nSPS) is 16.8. The molecule has 0 amide bonds. The number of hydrogen-bond donors (Lipinski definition) is 0. The molecule has 0 saturated carbocycles. The van der Waals surface area contributed by atoms with Gasteiger partial charge in [-0.15, -0.1) is 0 Å². The average molecular weight is 738 g/mol. The molecule has 0 aliphatic heterocycles. The Hall–Kier alpha value is -5.66. The molecule has 0 N–H and O–H groups in total. The van der Waals surface area contributed by atoms with Gasteiger partial charge in [0.05, 0.1) is 5.69 Å². The maximum absolute atomic E-state index is 2.62. The smallest absolute Gasteiger partial charge is 0.0543 e. The van der Waals surface area contributed by atoms with Crippen molar-refractivity contribution in [3.8, 4) is 44.5 Å². The molecule has 0 aromatic heterocycles. The number of rotatable bonds is 4. The molecule has 0 radical (unpaired) electrons. The fraction of sp³-hybridized carbons (Fsp3) is 0.250. The summed E-state index contributed by atoms with van der Waals surface area (Å²) in [6, 6.07) is 51.9. The minimum atomic E-state index is -0.140. The average Bonchev–Trinajstić information content (AvgIpc) is 3.70. The lowest BCUT2D eigenvalue weighted by molar-refractivity contribution is 0.659. The number of hydrogen-bond acceptors (Lipinski definition) is 1. The molecule has 57 heavy (non-hydrogen) atoms. The Bertz CT molecular complexity index is 2740. The summed E-state index contributed by atoms with van der Waals surface area (Å²) in [7, 11) is 0. The first-order chi connectivity index (χ1) is 27.4. The van der Waals surface area contributed by atoms with Gasteiger partial charge in [-0.3, -0.25) is 0 Å². The van der Waals surface area contributed by atoms with Crippen molar-refractivity contribution in [3.63, 3.8) is 0 Å². The van der Waals surface area contributed by atoms with Crippen LogP contribution in [-0.4, -0.2) is 0 Å². The van der Waals surface area contributed by atoms with E-state index >= 15 is 0 Å². The molecule has 7 aromatic rings. The van der Waals surface area contributed by atoms with Gasteiger partial charge in [-0.2, -0.15) is 0 Å². The highest BCUT2D eigenvalue weighted by atomic mass is 15.1. The highest BCUT2D eigenvalue weighted by Crippen LogP contribution is 2.57. The zero-order chi connectivity index (χ0) is 39.0. The SMILES string of the molecule is Cc1cc2c(cc1-c1cc3c(cc1N(c1ccc4c(c1)C(C)(C)c1ccccc1-4)c1ccc4c(c1)C(C)(C)c1ccccc1-4)C(C)(C)c1ccccc1-3)CCCC2. The molecule has 0 heterocycles. The van der Waals surface area contributed by atoms with E-state index in [-0.39, 0.29) is 16.2 Å². The van der Waals surface area contributed by atoms with Crippen LogP contribution >= 0.6 is 0 Å². The Morgan fingerprint density at radius 1 is 0.368 bits per heavy atom. The first kappa shape index (κ1) is 34.6. The highest BCUT2D eigenvalue weighted by molar-refractivity contribution is 5.97. The Kier molecular flexibility index (Phi) is 7.24. The molecule has 4 aliphatic rings. The van der Waals surface area contributed by atoms with Crippen LogP contribution in [0.3, 0.4) is 0 Å². The van der Waals surface area contributed by atoms with Gasteiger partial charge in [0.1, 0.15) is 0 Å². The fourth-order valence-corrected chi connectivity index (χ4v) is 11.4. The van der Waals surface area contributed by atoms with Crippen LogP contribution in [0.5, 0.6) is 0 Å². The standard InChI is InChI=1S/C56H51N/c1-34-28-35-16-8-9-17-36(35)29-44(34)46-32-45-41-20-12-15-23-49(41)56(6,7)52(45)33-53(46)57(37-24-26-42-39-18-10-13-21-47(39)54(2,3)50(42)30-37)38-25-27-43-40-19-11-14-22-48(40)55(4,5)51(43)31-38/h10-15,18-33H,8-9,16-17H2,1-7H3. The van der Waals surface area contributed by atoms with Crippen molar-refractivity contribution in [2.45, 2.75) is 90.4 Å². The Labute approximate surface area is 339 Å². The van der Waals surface area contributed by atoms with Crippen molar-refractivity contribution in [2.24, 2.45) is 0 Å². The van der Waals surface area contributed by atoms with Gasteiger partial charge in [0.15, 0.2) is 0 Å². The van der Waals surface area contributed by atoms with Crippen molar-refractivity contribution in [1.29, 1.82) is 0 Å². The van der Waals surface area contributed by atoms with Gasteiger partial charge >= 0.3 is 0 Å². The molecular formula is C56H51N. The second-order valence-corrected chi connectivity index (χ2v) is 18.9. The molecule has 4 aliphatic carbocycles. The van der Waals surface area contributed by atoms with Crippen LogP contribution in [0.2, 0.25) is 0 Å². The Morgan fingerprint density at radius 2 is 0.789 bits per heavy atom. The molecule has 0 fully saturated rings. The maximum Gasteiger partial charge on any atom is 0.0543 e. The molecule has 280 valence electrons. The van der Waals surface area contributed by atoms with Crippen LogP contribution < -0.4 is 4.90 Å². The molecule has 0 bridgehead atoms. The number of nitrogens with zero attached hydrogens (tertiary/aromatic N) is 1. The van der Waals surface area contributed by atoms with Gasteiger partial charge in [-0.1, -0.05) is 139 Å². The largest absolute Gasteiger partial charge is 0.310 e. The number of aryl methyl sites for hydroxylation is 3. The van der Waals surface area contributed by atoms with Crippen LogP contribution in [0, 0.1) is 6.92 Å². The lowest BCUT2D eigenvalue weighted by Crippen LogP contribution is -2.19.